The van der Waals surface area contributed by atoms with E-state index < -0.39 is 38.0 Å². The molecule has 4 atom stereocenters. The Bertz CT molecular complexity index is 667. The van der Waals surface area contributed by atoms with Crippen LogP contribution in [0.5, 0.6) is 0 Å². The molecule has 1 heterocycles. The molecule has 1 unspecified atom stereocenters. The molecule has 8 nitrogen and oxygen atoms in total. The highest BCUT2D eigenvalue weighted by molar-refractivity contribution is 7.57. The summed E-state index contributed by atoms with van der Waals surface area (Å²) in [5.41, 5.74) is 0.371. The second kappa shape index (κ2) is 10.1. The number of benzene rings is 1. The first kappa shape index (κ1) is 21.8. The van der Waals surface area contributed by atoms with Crippen LogP contribution < -0.4 is 0 Å². The summed E-state index contributed by atoms with van der Waals surface area (Å²) in [7, 11) is -3.46. The molecular weight excluding hydrogens is 375 g/mol. The molecule has 2 N–H and O–H groups in total. The molecule has 0 amide bonds. The minimum Gasteiger partial charge on any atom is -0.462 e. The van der Waals surface area contributed by atoms with Gasteiger partial charge in [0, 0.05) is 5.82 Å². The van der Waals surface area contributed by atoms with Crippen molar-refractivity contribution in [3.63, 3.8) is 0 Å². The monoisotopic (exact) mass is 400 g/mol. The van der Waals surface area contributed by atoms with Gasteiger partial charge in [0.05, 0.1) is 37.4 Å². The summed E-state index contributed by atoms with van der Waals surface area (Å²) in [6.45, 7) is 3.57. The highest BCUT2D eigenvalue weighted by Gasteiger charge is 2.42. The lowest BCUT2D eigenvalue weighted by Gasteiger charge is -2.18. The Labute approximate surface area is 158 Å². The van der Waals surface area contributed by atoms with Crippen LogP contribution in [0.4, 0.5) is 0 Å². The zero-order valence-corrected chi connectivity index (χ0v) is 16.2. The van der Waals surface area contributed by atoms with Crippen molar-refractivity contribution in [3.8, 4) is 0 Å². The normalized spacial score (nSPS) is 25.8. The van der Waals surface area contributed by atoms with Crippen LogP contribution in [-0.2, 0) is 23.1 Å². The first-order valence-electron chi connectivity index (χ1n) is 8.72. The van der Waals surface area contributed by atoms with E-state index >= 15 is 0 Å². The van der Waals surface area contributed by atoms with Gasteiger partial charge in [0.2, 0.25) is 0 Å². The van der Waals surface area contributed by atoms with Crippen molar-refractivity contribution in [2.45, 2.75) is 32.3 Å². The number of rotatable bonds is 9. The summed E-state index contributed by atoms with van der Waals surface area (Å²) < 4.78 is 33.3. The Balaban J connectivity index is 2.05. The van der Waals surface area contributed by atoms with Crippen molar-refractivity contribution in [1.29, 1.82) is 0 Å². The summed E-state index contributed by atoms with van der Waals surface area (Å²) in [5.74, 6) is -0.0524. The molecule has 0 saturated carbocycles. The van der Waals surface area contributed by atoms with Crippen LogP contribution in [0.15, 0.2) is 42.2 Å². The Hall–Kier alpha value is -1.54. The lowest BCUT2D eigenvalue weighted by Crippen LogP contribution is -2.31. The number of esters is 1. The van der Waals surface area contributed by atoms with E-state index in [-0.39, 0.29) is 19.8 Å². The van der Waals surface area contributed by atoms with E-state index in [9.17, 15) is 19.6 Å². The molecule has 0 spiro atoms. The molecule has 27 heavy (non-hydrogen) atoms. The van der Waals surface area contributed by atoms with Crippen molar-refractivity contribution in [2.24, 2.45) is 5.92 Å². The zero-order valence-electron chi connectivity index (χ0n) is 15.3. The number of hydrogen-bond donors (Lipinski definition) is 2. The summed E-state index contributed by atoms with van der Waals surface area (Å²) >= 11 is 0. The summed E-state index contributed by atoms with van der Waals surface area (Å²) in [5, 5.41) is 19.9. The van der Waals surface area contributed by atoms with Crippen LogP contribution in [0.1, 0.15) is 24.2 Å². The second-order valence-corrected chi connectivity index (χ2v) is 7.72. The zero-order chi connectivity index (χ0) is 19.9. The molecule has 0 aromatic heterocycles. The van der Waals surface area contributed by atoms with Crippen molar-refractivity contribution >= 4 is 13.6 Å². The molecule has 2 rings (SSSR count). The fraction of sp³-hybridized carbons (Fsp3) is 0.500. The minimum atomic E-state index is -3.46. The van der Waals surface area contributed by atoms with E-state index in [4.69, 9.17) is 18.5 Å². The maximum Gasteiger partial charge on any atom is 0.353 e. The van der Waals surface area contributed by atoms with Gasteiger partial charge in [-0.25, -0.2) is 4.79 Å². The minimum absolute atomic E-state index is 0.186. The lowest BCUT2D eigenvalue weighted by atomic mass is 9.99. The largest absolute Gasteiger partial charge is 0.462 e. The van der Waals surface area contributed by atoms with Crippen LogP contribution in [0.2, 0.25) is 0 Å². The fourth-order valence-corrected chi connectivity index (χ4v) is 3.98. The van der Waals surface area contributed by atoms with Gasteiger partial charge in [0.25, 0.3) is 0 Å². The van der Waals surface area contributed by atoms with E-state index in [0.717, 1.165) is 0 Å². The van der Waals surface area contributed by atoms with Gasteiger partial charge in [0.1, 0.15) is 6.10 Å². The highest BCUT2D eigenvalue weighted by atomic mass is 31.2. The number of carbonyl (C=O) groups excluding carboxylic acids is 1. The molecule has 1 aromatic carbocycles. The molecule has 0 radical (unpaired) electrons. The van der Waals surface area contributed by atoms with Gasteiger partial charge >= 0.3 is 13.6 Å². The second-order valence-electron chi connectivity index (χ2n) is 5.83. The van der Waals surface area contributed by atoms with Crippen LogP contribution in [0.3, 0.4) is 0 Å². The topological polar surface area (TPSA) is 112 Å². The van der Waals surface area contributed by atoms with E-state index in [1.807, 2.05) is 0 Å². The van der Waals surface area contributed by atoms with Gasteiger partial charge in [-0.15, -0.1) is 0 Å². The lowest BCUT2D eigenvalue weighted by molar-refractivity contribution is -0.119. The molecule has 1 aliphatic rings. The first-order valence-corrected chi connectivity index (χ1v) is 10.3. The van der Waals surface area contributed by atoms with E-state index in [2.05, 4.69) is 0 Å². The quantitative estimate of drug-likeness (QED) is 0.480. The molecule has 150 valence electrons. The number of aliphatic hydroxyl groups is 2. The van der Waals surface area contributed by atoms with Crippen molar-refractivity contribution < 1.29 is 38.1 Å². The maximum atomic E-state index is 12.5. The van der Waals surface area contributed by atoms with Gasteiger partial charge in [-0.05, 0) is 32.1 Å². The van der Waals surface area contributed by atoms with Crippen LogP contribution in [-0.4, -0.2) is 54.5 Å². The van der Waals surface area contributed by atoms with Gasteiger partial charge in [-0.3, -0.25) is 4.57 Å². The predicted molar refractivity (Wildman–Crippen MR) is 97.1 cm³/mol. The number of aliphatic hydroxyl groups excluding tert-OH is 2. The van der Waals surface area contributed by atoms with Gasteiger partial charge in [-0.1, -0.05) is 18.2 Å². The maximum absolute atomic E-state index is 12.5. The standard InChI is InChI=1S/C18H25O8P/c1-3-24-27(22,25-4-2)11-10-15-14(16(19)18(21)26-15)12-23-17(20)13-8-6-5-7-9-13/h5-11,14-16,18-19,21H,3-4,12H2,1-2H3/b11-10+/t14-,15-,16-,18?/m1/s1. The molecule has 1 aliphatic heterocycles. The van der Waals surface area contributed by atoms with Crippen LogP contribution in [0.25, 0.3) is 0 Å². The third kappa shape index (κ3) is 5.97. The average Bonchev–Trinajstić information content (AvgIpc) is 2.93. The van der Waals surface area contributed by atoms with Crippen molar-refractivity contribution in [1.82, 2.24) is 0 Å². The van der Waals surface area contributed by atoms with Crippen molar-refractivity contribution in [3.05, 3.63) is 47.8 Å². The van der Waals surface area contributed by atoms with E-state index in [1.165, 1.54) is 11.9 Å². The molecular formula is C18H25O8P. The van der Waals surface area contributed by atoms with Crippen LogP contribution in [0, 0.1) is 5.92 Å². The molecule has 1 aromatic rings. The number of hydrogen-bond acceptors (Lipinski definition) is 8. The molecule has 9 heteroatoms. The van der Waals surface area contributed by atoms with Gasteiger partial charge < -0.3 is 28.7 Å². The Morgan fingerprint density at radius 1 is 1.19 bits per heavy atom. The predicted octanol–water partition coefficient (Wildman–Crippen LogP) is 2.32. The third-order valence-corrected chi connectivity index (χ3v) is 5.72. The molecule has 0 bridgehead atoms. The number of carbonyl (C=O) groups is 1. The van der Waals surface area contributed by atoms with Gasteiger partial charge in [0.15, 0.2) is 6.29 Å². The number of ether oxygens (including phenoxy) is 2. The Morgan fingerprint density at radius 2 is 1.81 bits per heavy atom. The first-order chi connectivity index (χ1) is 12.9. The summed E-state index contributed by atoms with van der Waals surface area (Å²) in [4.78, 5) is 12.1. The van der Waals surface area contributed by atoms with E-state index in [1.54, 1.807) is 44.2 Å². The summed E-state index contributed by atoms with van der Waals surface area (Å²) in [6.07, 6.45) is -2.14. The fourth-order valence-electron chi connectivity index (χ4n) is 2.63. The molecule has 1 fully saturated rings. The average molecular weight is 400 g/mol. The van der Waals surface area contributed by atoms with Crippen LogP contribution >= 0.6 is 7.60 Å². The highest BCUT2D eigenvalue weighted by Crippen LogP contribution is 2.50. The van der Waals surface area contributed by atoms with Gasteiger partial charge in [-0.2, -0.15) is 0 Å². The Morgan fingerprint density at radius 3 is 2.41 bits per heavy atom. The molecule has 1 saturated heterocycles. The van der Waals surface area contributed by atoms with Crippen molar-refractivity contribution in [2.75, 3.05) is 19.8 Å². The SMILES string of the molecule is CCOP(=O)(/C=C/[C@H]1OC(O)[C@H](O)[C@@H]1COC(=O)c1ccccc1)OCC. The molecule has 0 aliphatic carbocycles. The third-order valence-electron chi connectivity index (χ3n) is 3.94. The Kier molecular flexibility index (Phi) is 8.16. The van der Waals surface area contributed by atoms with E-state index in [0.29, 0.717) is 5.56 Å². The summed E-state index contributed by atoms with van der Waals surface area (Å²) in [6, 6.07) is 8.40. The smallest absolute Gasteiger partial charge is 0.353 e.